The third kappa shape index (κ3) is 3.77. The van der Waals surface area contributed by atoms with Crippen molar-refractivity contribution in [3.8, 4) is 22.1 Å². The topological polar surface area (TPSA) is 64.6 Å². The molecule has 0 spiro atoms. The minimum atomic E-state index is -0.152. The maximum absolute atomic E-state index is 13.0. The zero-order valence-corrected chi connectivity index (χ0v) is 17.1. The molecular weight excluding hydrogens is 386 g/mol. The van der Waals surface area contributed by atoms with Crippen LogP contribution < -0.4 is 14.4 Å². The molecule has 0 radical (unpaired) electrons. The predicted octanol–water partition coefficient (Wildman–Crippen LogP) is 4.65. The Labute approximate surface area is 172 Å². The van der Waals surface area contributed by atoms with E-state index >= 15 is 0 Å². The predicted molar refractivity (Wildman–Crippen MR) is 115 cm³/mol. The van der Waals surface area contributed by atoms with E-state index in [0.29, 0.717) is 17.1 Å². The molecule has 0 bridgehead atoms. The SMILES string of the molecule is COc1cc(OC)cc(C(=O)N(C)c2ccc(-c3nc4cnccc4s3)cc2)c1. The Kier molecular flexibility index (Phi) is 5.14. The highest BCUT2D eigenvalue weighted by atomic mass is 32.1. The minimum absolute atomic E-state index is 0.152. The first kappa shape index (κ1) is 18.9. The van der Waals surface area contributed by atoms with E-state index in [1.54, 1.807) is 68.1 Å². The number of fused-ring (bicyclic) bond motifs is 1. The van der Waals surface area contributed by atoms with Crippen molar-refractivity contribution in [2.45, 2.75) is 0 Å². The van der Waals surface area contributed by atoms with Gasteiger partial charge in [0.15, 0.2) is 0 Å². The fourth-order valence-corrected chi connectivity index (χ4v) is 3.91. The highest BCUT2D eigenvalue weighted by molar-refractivity contribution is 7.21. The number of pyridine rings is 1. The zero-order valence-electron chi connectivity index (χ0n) is 16.2. The summed E-state index contributed by atoms with van der Waals surface area (Å²) in [7, 11) is 4.86. The van der Waals surface area contributed by atoms with Crippen LogP contribution in [0.3, 0.4) is 0 Å². The first-order chi connectivity index (χ1) is 14.1. The summed E-state index contributed by atoms with van der Waals surface area (Å²) in [5.41, 5.74) is 3.16. The summed E-state index contributed by atoms with van der Waals surface area (Å²) in [6.07, 6.45) is 3.53. The van der Waals surface area contributed by atoms with Crippen molar-refractivity contribution in [1.82, 2.24) is 9.97 Å². The van der Waals surface area contributed by atoms with Crippen molar-refractivity contribution in [3.63, 3.8) is 0 Å². The number of rotatable bonds is 5. The van der Waals surface area contributed by atoms with Crippen LogP contribution in [0, 0.1) is 0 Å². The van der Waals surface area contributed by atoms with Crippen LogP contribution in [0.5, 0.6) is 11.5 Å². The highest BCUT2D eigenvalue weighted by Gasteiger charge is 2.16. The number of anilines is 1. The summed E-state index contributed by atoms with van der Waals surface area (Å²) in [6.45, 7) is 0. The number of carbonyl (C=O) groups is 1. The van der Waals surface area contributed by atoms with Crippen LogP contribution in [0.25, 0.3) is 20.8 Å². The fraction of sp³-hybridized carbons (Fsp3) is 0.136. The van der Waals surface area contributed by atoms with Gasteiger partial charge in [-0.15, -0.1) is 11.3 Å². The van der Waals surface area contributed by atoms with Gasteiger partial charge in [-0.2, -0.15) is 0 Å². The molecule has 2 aromatic heterocycles. The van der Waals surface area contributed by atoms with Crippen LogP contribution in [-0.2, 0) is 0 Å². The lowest BCUT2D eigenvalue weighted by Crippen LogP contribution is -2.26. The average Bonchev–Trinajstić information content (AvgIpc) is 3.22. The Morgan fingerprint density at radius 3 is 2.31 bits per heavy atom. The van der Waals surface area contributed by atoms with E-state index in [9.17, 15) is 4.79 Å². The van der Waals surface area contributed by atoms with E-state index in [4.69, 9.17) is 9.47 Å². The van der Waals surface area contributed by atoms with Gasteiger partial charge in [0.1, 0.15) is 22.0 Å². The van der Waals surface area contributed by atoms with Gasteiger partial charge >= 0.3 is 0 Å². The largest absolute Gasteiger partial charge is 0.497 e. The molecule has 7 heteroatoms. The third-order valence-electron chi connectivity index (χ3n) is 4.59. The van der Waals surface area contributed by atoms with Crippen LogP contribution in [0.2, 0.25) is 0 Å². The normalized spacial score (nSPS) is 10.7. The molecular formula is C22H19N3O3S. The van der Waals surface area contributed by atoms with Crippen molar-refractivity contribution >= 4 is 33.1 Å². The lowest BCUT2D eigenvalue weighted by molar-refractivity contribution is 0.0992. The molecule has 2 aromatic carbocycles. The zero-order chi connectivity index (χ0) is 20.4. The summed E-state index contributed by atoms with van der Waals surface area (Å²) in [6, 6.07) is 14.9. The van der Waals surface area contributed by atoms with Crippen LogP contribution in [-0.4, -0.2) is 37.1 Å². The summed E-state index contributed by atoms with van der Waals surface area (Å²) >= 11 is 1.62. The molecule has 0 unspecified atom stereocenters. The summed E-state index contributed by atoms with van der Waals surface area (Å²) in [4.78, 5) is 23.3. The Morgan fingerprint density at radius 1 is 1.00 bits per heavy atom. The monoisotopic (exact) mass is 405 g/mol. The summed E-state index contributed by atoms with van der Waals surface area (Å²) in [5, 5.41) is 0.922. The molecule has 2 heterocycles. The number of methoxy groups -OCH3 is 2. The molecule has 0 aliphatic heterocycles. The van der Waals surface area contributed by atoms with Crippen LogP contribution in [0.15, 0.2) is 60.9 Å². The molecule has 0 aliphatic carbocycles. The van der Waals surface area contributed by atoms with Gasteiger partial charge in [0, 0.05) is 36.1 Å². The van der Waals surface area contributed by atoms with E-state index in [1.807, 2.05) is 30.3 Å². The molecule has 4 aromatic rings. The lowest BCUT2D eigenvalue weighted by Gasteiger charge is -2.18. The van der Waals surface area contributed by atoms with Crippen molar-refractivity contribution < 1.29 is 14.3 Å². The summed E-state index contributed by atoms with van der Waals surface area (Å²) in [5.74, 6) is 0.990. The number of benzene rings is 2. The van der Waals surface area contributed by atoms with Gasteiger partial charge in [-0.1, -0.05) is 0 Å². The molecule has 1 amide bonds. The van der Waals surface area contributed by atoms with Gasteiger partial charge in [0.25, 0.3) is 5.91 Å². The lowest BCUT2D eigenvalue weighted by atomic mass is 10.1. The number of ether oxygens (including phenoxy) is 2. The number of hydrogen-bond acceptors (Lipinski definition) is 6. The Balaban J connectivity index is 1.59. The number of thiazole rings is 1. The minimum Gasteiger partial charge on any atom is -0.497 e. The molecule has 0 fully saturated rings. The Morgan fingerprint density at radius 2 is 1.69 bits per heavy atom. The Bertz CT molecular complexity index is 1120. The van der Waals surface area contributed by atoms with E-state index < -0.39 is 0 Å². The number of hydrogen-bond donors (Lipinski definition) is 0. The molecule has 6 nitrogen and oxygen atoms in total. The van der Waals surface area contributed by atoms with E-state index in [1.165, 1.54) is 0 Å². The smallest absolute Gasteiger partial charge is 0.258 e. The van der Waals surface area contributed by atoms with Crippen LogP contribution >= 0.6 is 11.3 Å². The number of nitrogens with zero attached hydrogens (tertiary/aromatic N) is 3. The molecule has 0 saturated carbocycles. The van der Waals surface area contributed by atoms with Crippen molar-refractivity contribution in [3.05, 3.63) is 66.5 Å². The molecule has 0 N–H and O–H groups in total. The highest BCUT2D eigenvalue weighted by Crippen LogP contribution is 2.31. The maximum Gasteiger partial charge on any atom is 0.258 e. The molecule has 0 aliphatic rings. The van der Waals surface area contributed by atoms with Crippen LogP contribution in [0.1, 0.15) is 10.4 Å². The summed E-state index contributed by atoms with van der Waals surface area (Å²) < 4.78 is 11.6. The van der Waals surface area contributed by atoms with Crippen LogP contribution in [0.4, 0.5) is 5.69 Å². The van der Waals surface area contributed by atoms with E-state index in [2.05, 4.69) is 9.97 Å². The third-order valence-corrected chi connectivity index (χ3v) is 5.68. The molecule has 4 rings (SSSR count). The number of carbonyl (C=O) groups excluding carboxylic acids is 1. The van der Waals surface area contributed by atoms with E-state index in [-0.39, 0.29) is 5.91 Å². The van der Waals surface area contributed by atoms with Crippen molar-refractivity contribution in [2.75, 3.05) is 26.2 Å². The van der Waals surface area contributed by atoms with Crippen molar-refractivity contribution in [1.29, 1.82) is 0 Å². The average molecular weight is 405 g/mol. The number of amides is 1. The molecule has 0 atom stereocenters. The number of aromatic nitrogens is 2. The van der Waals surface area contributed by atoms with Crippen molar-refractivity contribution in [2.24, 2.45) is 0 Å². The molecule has 29 heavy (non-hydrogen) atoms. The van der Waals surface area contributed by atoms with Gasteiger partial charge in [0.05, 0.1) is 25.1 Å². The van der Waals surface area contributed by atoms with Gasteiger partial charge in [-0.05, 0) is 42.5 Å². The van der Waals surface area contributed by atoms with Gasteiger partial charge in [0.2, 0.25) is 0 Å². The standard InChI is InChI=1S/C22H19N3O3S/c1-25(22(26)15-10-17(27-2)12-18(11-15)28-3)16-6-4-14(5-7-16)21-24-19-13-23-9-8-20(19)29-21/h4-13H,1-3H3. The quantitative estimate of drug-likeness (QED) is 0.483. The Hall–Kier alpha value is -3.45. The second kappa shape index (κ2) is 7.89. The van der Waals surface area contributed by atoms with Gasteiger partial charge in [-0.3, -0.25) is 9.78 Å². The first-order valence-electron chi connectivity index (χ1n) is 8.91. The second-order valence-electron chi connectivity index (χ2n) is 6.37. The first-order valence-corrected chi connectivity index (χ1v) is 9.73. The van der Waals surface area contributed by atoms with Gasteiger partial charge in [-0.25, -0.2) is 4.98 Å². The molecule has 0 saturated heterocycles. The maximum atomic E-state index is 13.0. The van der Waals surface area contributed by atoms with Gasteiger partial charge < -0.3 is 14.4 Å². The molecule has 146 valence electrons. The second-order valence-corrected chi connectivity index (χ2v) is 7.41. The fourth-order valence-electron chi connectivity index (χ4n) is 2.97. The van der Waals surface area contributed by atoms with E-state index in [0.717, 1.165) is 26.5 Å².